The number of allylic oxidation sites excluding steroid dienone is 1. The molecule has 0 aromatic carbocycles. The van der Waals surface area contributed by atoms with Crippen LogP contribution >= 0.6 is 0 Å². The maximum atomic E-state index is 14.7. The van der Waals surface area contributed by atoms with Crippen molar-refractivity contribution in [3.05, 3.63) is 57.8 Å². The molecule has 1 unspecified atom stereocenters. The van der Waals surface area contributed by atoms with Gasteiger partial charge in [0.25, 0.3) is 11.5 Å². The number of aryl methyl sites for hydroxylation is 1. The zero-order valence-corrected chi connectivity index (χ0v) is 19.5. The first-order chi connectivity index (χ1) is 16.5. The fourth-order valence-corrected chi connectivity index (χ4v) is 4.76. The van der Waals surface area contributed by atoms with Crippen molar-refractivity contribution in [2.24, 2.45) is 5.92 Å². The van der Waals surface area contributed by atoms with Crippen LogP contribution in [0.1, 0.15) is 54.5 Å². The summed E-state index contributed by atoms with van der Waals surface area (Å²) in [7, 11) is 0. The molecule has 9 heteroatoms. The molecule has 1 saturated heterocycles. The van der Waals surface area contributed by atoms with Crippen LogP contribution in [0, 0.1) is 11.9 Å². The van der Waals surface area contributed by atoms with Gasteiger partial charge in [0.2, 0.25) is 5.95 Å². The van der Waals surface area contributed by atoms with E-state index in [1.54, 1.807) is 18.3 Å². The quantitative estimate of drug-likeness (QED) is 0.609. The van der Waals surface area contributed by atoms with Gasteiger partial charge in [0.05, 0.1) is 5.69 Å². The van der Waals surface area contributed by atoms with E-state index in [4.69, 9.17) is 0 Å². The number of nitrogens with one attached hydrogen (secondary N) is 2. The van der Waals surface area contributed by atoms with Crippen LogP contribution in [0.15, 0.2) is 29.2 Å². The minimum atomic E-state index is -0.596. The number of hydrogen-bond donors (Lipinski definition) is 2. The molecule has 3 aliphatic rings. The number of carbonyl (C=O) groups excluding carboxylic acids is 1. The van der Waals surface area contributed by atoms with E-state index >= 15 is 0 Å². The molecule has 1 aliphatic heterocycles. The molecular formula is C25H31FN6O2. The summed E-state index contributed by atoms with van der Waals surface area (Å²) in [6, 6.07) is 3.56. The lowest BCUT2D eigenvalue weighted by Gasteiger charge is -2.38. The standard InChI is InChI=1S/C25H31FN6O2/c1-2-17-15-27-23(30-24(17)33)18-5-6-19(13-18)31-9-11-32(12-10-31)21-8-7-20(29-22(21)26)25(34)28-14-16-3-4-16/h7-8,13,15-16,19H,2-6,9-12,14H2,1H3,(H,28,34)(H,27,30,33). The predicted octanol–water partition coefficient (Wildman–Crippen LogP) is 2.37. The highest BCUT2D eigenvalue weighted by atomic mass is 19.1. The van der Waals surface area contributed by atoms with Crippen LogP contribution in [0.25, 0.3) is 5.57 Å². The smallest absolute Gasteiger partial charge is 0.270 e. The van der Waals surface area contributed by atoms with E-state index in [-0.39, 0.29) is 23.2 Å². The summed E-state index contributed by atoms with van der Waals surface area (Å²) in [5, 5.41) is 2.83. The largest absolute Gasteiger partial charge is 0.365 e. The summed E-state index contributed by atoms with van der Waals surface area (Å²) in [5.41, 5.74) is 2.29. The number of halogens is 1. The van der Waals surface area contributed by atoms with Gasteiger partial charge in [-0.05, 0) is 55.7 Å². The number of hydrogen-bond acceptors (Lipinski definition) is 6. The molecule has 2 aromatic rings. The van der Waals surface area contributed by atoms with Crippen molar-refractivity contribution in [2.75, 3.05) is 37.6 Å². The first kappa shape index (κ1) is 22.7. The van der Waals surface area contributed by atoms with E-state index < -0.39 is 5.95 Å². The summed E-state index contributed by atoms with van der Waals surface area (Å²) < 4.78 is 14.7. The highest BCUT2D eigenvalue weighted by molar-refractivity contribution is 5.92. The van der Waals surface area contributed by atoms with Gasteiger partial charge in [-0.2, -0.15) is 4.39 Å². The summed E-state index contributed by atoms with van der Waals surface area (Å²) in [5.74, 6) is 0.320. The molecule has 0 bridgehead atoms. The van der Waals surface area contributed by atoms with Gasteiger partial charge in [0, 0.05) is 50.5 Å². The maximum absolute atomic E-state index is 14.7. The number of rotatable bonds is 7. The van der Waals surface area contributed by atoms with E-state index in [0.29, 0.717) is 49.0 Å². The first-order valence-electron chi connectivity index (χ1n) is 12.2. The zero-order chi connectivity index (χ0) is 23.7. The van der Waals surface area contributed by atoms with Crippen LogP contribution in [-0.4, -0.2) is 64.5 Å². The fraction of sp³-hybridized carbons (Fsp3) is 0.520. The normalized spacial score (nSPS) is 20.9. The van der Waals surface area contributed by atoms with Gasteiger partial charge in [0.15, 0.2) is 0 Å². The molecule has 5 rings (SSSR count). The summed E-state index contributed by atoms with van der Waals surface area (Å²) >= 11 is 0. The van der Waals surface area contributed by atoms with Gasteiger partial charge in [-0.25, -0.2) is 9.97 Å². The molecule has 180 valence electrons. The van der Waals surface area contributed by atoms with Crippen LogP contribution in [-0.2, 0) is 6.42 Å². The molecule has 34 heavy (non-hydrogen) atoms. The Balaban J connectivity index is 1.18. The molecule has 3 heterocycles. The third-order valence-electron chi connectivity index (χ3n) is 7.10. The highest BCUT2D eigenvalue weighted by Gasteiger charge is 2.28. The van der Waals surface area contributed by atoms with Crippen molar-refractivity contribution >= 4 is 17.2 Å². The van der Waals surface area contributed by atoms with Crippen molar-refractivity contribution in [3.8, 4) is 0 Å². The van der Waals surface area contributed by atoms with Gasteiger partial charge in [-0.3, -0.25) is 14.5 Å². The average molecular weight is 467 g/mol. The average Bonchev–Trinajstić information content (AvgIpc) is 3.56. The number of aromatic nitrogens is 3. The van der Waals surface area contributed by atoms with Crippen molar-refractivity contribution in [2.45, 2.75) is 45.1 Å². The monoisotopic (exact) mass is 466 g/mol. The Morgan fingerprint density at radius 2 is 2.00 bits per heavy atom. The van der Waals surface area contributed by atoms with Gasteiger partial charge in [-0.15, -0.1) is 0 Å². The van der Waals surface area contributed by atoms with Crippen LogP contribution in [0.3, 0.4) is 0 Å². The minimum absolute atomic E-state index is 0.0625. The second kappa shape index (κ2) is 9.66. The number of piperazine rings is 1. The topological polar surface area (TPSA) is 94.2 Å². The Hall–Kier alpha value is -3.07. The fourth-order valence-electron chi connectivity index (χ4n) is 4.76. The molecule has 2 aromatic heterocycles. The van der Waals surface area contributed by atoms with Gasteiger partial charge in [0.1, 0.15) is 11.5 Å². The summed E-state index contributed by atoms with van der Waals surface area (Å²) in [6.45, 7) is 5.56. The predicted molar refractivity (Wildman–Crippen MR) is 128 cm³/mol. The van der Waals surface area contributed by atoms with E-state index in [9.17, 15) is 14.0 Å². The molecule has 2 N–H and O–H groups in total. The third kappa shape index (κ3) is 4.89. The van der Waals surface area contributed by atoms with Crippen molar-refractivity contribution < 1.29 is 9.18 Å². The van der Waals surface area contributed by atoms with E-state index in [1.165, 1.54) is 0 Å². The third-order valence-corrected chi connectivity index (χ3v) is 7.10. The number of anilines is 1. The molecule has 0 radical (unpaired) electrons. The number of carbonyl (C=O) groups is 1. The second-order valence-electron chi connectivity index (χ2n) is 9.42. The zero-order valence-electron chi connectivity index (χ0n) is 19.5. The van der Waals surface area contributed by atoms with Gasteiger partial charge >= 0.3 is 0 Å². The lowest BCUT2D eigenvalue weighted by atomic mass is 10.2. The summed E-state index contributed by atoms with van der Waals surface area (Å²) in [4.78, 5) is 40.0. The number of nitrogens with zero attached hydrogens (tertiary/aromatic N) is 4. The summed E-state index contributed by atoms with van der Waals surface area (Å²) in [6.07, 6.45) is 8.70. The van der Waals surface area contributed by atoms with Crippen molar-refractivity contribution in [1.29, 1.82) is 0 Å². The number of pyridine rings is 1. The molecule has 2 fully saturated rings. The molecular weight excluding hydrogens is 435 g/mol. The Bertz CT molecular complexity index is 1150. The molecule has 1 saturated carbocycles. The van der Waals surface area contributed by atoms with Crippen LogP contribution in [0.4, 0.5) is 10.1 Å². The Morgan fingerprint density at radius 1 is 1.21 bits per heavy atom. The number of H-pyrrole nitrogens is 1. The van der Waals surface area contributed by atoms with Gasteiger partial charge < -0.3 is 15.2 Å². The molecule has 0 spiro atoms. The number of aromatic amines is 1. The van der Waals surface area contributed by atoms with Crippen LogP contribution in [0.5, 0.6) is 0 Å². The van der Waals surface area contributed by atoms with Crippen LogP contribution < -0.4 is 15.8 Å². The lowest BCUT2D eigenvalue weighted by Crippen LogP contribution is -2.49. The van der Waals surface area contributed by atoms with E-state index in [1.807, 2.05) is 11.8 Å². The Kier molecular flexibility index (Phi) is 6.45. The molecule has 1 amide bonds. The van der Waals surface area contributed by atoms with Gasteiger partial charge in [-0.1, -0.05) is 13.0 Å². The molecule has 1 atom stereocenters. The highest BCUT2D eigenvalue weighted by Crippen LogP contribution is 2.30. The molecule has 2 aliphatic carbocycles. The Labute approximate surface area is 198 Å². The SMILES string of the molecule is CCc1cnc(C2=CC(N3CCN(c4ccc(C(=O)NCC5CC5)nc4F)CC3)CC2)[nH]c1=O. The minimum Gasteiger partial charge on any atom is -0.365 e. The Morgan fingerprint density at radius 3 is 2.68 bits per heavy atom. The van der Waals surface area contributed by atoms with Crippen molar-refractivity contribution in [3.63, 3.8) is 0 Å². The first-order valence-corrected chi connectivity index (χ1v) is 12.2. The van der Waals surface area contributed by atoms with Crippen LogP contribution in [0.2, 0.25) is 0 Å². The molecule has 8 nitrogen and oxygen atoms in total. The maximum Gasteiger partial charge on any atom is 0.270 e. The van der Waals surface area contributed by atoms with E-state index in [0.717, 1.165) is 44.3 Å². The number of amides is 1. The van der Waals surface area contributed by atoms with E-state index in [2.05, 4.69) is 31.2 Å². The lowest BCUT2D eigenvalue weighted by molar-refractivity contribution is 0.0945. The van der Waals surface area contributed by atoms with Crippen molar-refractivity contribution in [1.82, 2.24) is 25.2 Å². The second-order valence-corrected chi connectivity index (χ2v) is 9.42.